The first-order valence-electron chi connectivity index (χ1n) is 21.0. The van der Waals surface area contributed by atoms with E-state index in [0.29, 0.717) is 83.6 Å². The highest BCUT2D eigenvalue weighted by Crippen LogP contribution is 2.20. The van der Waals surface area contributed by atoms with E-state index in [2.05, 4.69) is 21.5 Å². The zero-order chi connectivity index (χ0) is 44.2. The molecule has 0 saturated carbocycles. The summed E-state index contributed by atoms with van der Waals surface area (Å²) in [5.41, 5.74) is 11.8. The number of ketones is 6. The van der Waals surface area contributed by atoms with E-state index in [1.807, 2.05) is 6.07 Å². The van der Waals surface area contributed by atoms with E-state index in [9.17, 15) is 47.9 Å². The first-order chi connectivity index (χ1) is 28.0. The lowest BCUT2D eigenvalue weighted by Crippen LogP contribution is -2.56. The third kappa shape index (κ3) is 24.7. The quantitative estimate of drug-likeness (QED) is 0.0376. The van der Waals surface area contributed by atoms with Crippen molar-refractivity contribution in [2.45, 2.75) is 162 Å². The number of hydrogen-bond acceptors (Lipinski definition) is 12. The zero-order valence-corrected chi connectivity index (χ0v) is 35.5. The molecule has 59 heavy (non-hydrogen) atoms. The predicted octanol–water partition coefficient (Wildman–Crippen LogP) is 4.05. The number of imide groups is 1. The maximum absolute atomic E-state index is 13.7. The molecule has 328 valence electrons. The van der Waals surface area contributed by atoms with Crippen LogP contribution in [0.2, 0.25) is 0 Å². The number of carbonyl (C=O) groups is 10. The summed E-state index contributed by atoms with van der Waals surface area (Å²) in [6.45, 7) is 5.75. The van der Waals surface area contributed by atoms with Gasteiger partial charge in [0.15, 0.2) is 5.78 Å². The Labute approximate surface area is 348 Å². The second kappa shape index (κ2) is 30.3. The predicted molar refractivity (Wildman–Crippen MR) is 222 cm³/mol. The van der Waals surface area contributed by atoms with E-state index in [4.69, 9.17) is 5.73 Å². The number of benzene rings is 1. The molecule has 0 bridgehead atoms. The van der Waals surface area contributed by atoms with Crippen molar-refractivity contribution in [1.29, 1.82) is 0 Å². The first kappa shape index (κ1) is 52.3. The van der Waals surface area contributed by atoms with E-state index in [1.165, 1.54) is 20.8 Å². The molecule has 0 fully saturated rings. The van der Waals surface area contributed by atoms with Crippen LogP contribution in [0.1, 0.15) is 149 Å². The number of Topliss-reactive ketones (excluding diaryl/α,β-unsaturated/α-hetero) is 6. The fourth-order valence-corrected chi connectivity index (χ4v) is 6.65. The van der Waals surface area contributed by atoms with Crippen molar-refractivity contribution in [3.8, 4) is 0 Å². The molecule has 4 amide bonds. The average Bonchev–Trinajstić information content (AvgIpc) is 3.17. The van der Waals surface area contributed by atoms with Crippen molar-refractivity contribution in [1.82, 2.24) is 21.5 Å². The lowest BCUT2D eigenvalue weighted by Gasteiger charge is -2.24. The van der Waals surface area contributed by atoms with Gasteiger partial charge in [-0.05, 0) is 83.7 Å². The molecule has 6 N–H and O–H groups in total. The van der Waals surface area contributed by atoms with E-state index >= 15 is 0 Å². The smallest absolute Gasteiger partial charge is 0.239 e. The van der Waals surface area contributed by atoms with Crippen molar-refractivity contribution in [3.63, 3.8) is 0 Å². The Hall–Kier alpha value is -4.76. The Morgan fingerprint density at radius 3 is 1.58 bits per heavy atom. The van der Waals surface area contributed by atoms with Gasteiger partial charge in [0, 0.05) is 64.2 Å². The molecule has 15 heteroatoms. The average molecular weight is 826 g/mol. The molecule has 0 heterocycles. The van der Waals surface area contributed by atoms with Crippen LogP contribution in [0.25, 0.3) is 0 Å². The van der Waals surface area contributed by atoms with Crippen molar-refractivity contribution in [2.24, 2.45) is 17.6 Å². The fourth-order valence-electron chi connectivity index (χ4n) is 6.65. The summed E-state index contributed by atoms with van der Waals surface area (Å²) in [4.78, 5) is 125. The van der Waals surface area contributed by atoms with Gasteiger partial charge in [-0.2, -0.15) is 0 Å². The van der Waals surface area contributed by atoms with Crippen molar-refractivity contribution in [3.05, 3.63) is 35.9 Å². The summed E-state index contributed by atoms with van der Waals surface area (Å²) in [5.74, 6) is -5.51. The van der Waals surface area contributed by atoms with Crippen LogP contribution in [0, 0.1) is 11.8 Å². The molecule has 0 aliphatic carbocycles. The molecule has 1 aromatic rings. The lowest BCUT2D eigenvalue weighted by atomic mass is 9.91. The molecule has 1 aromatic carbocycles. The topological polar surface area (TPSA) is 245 Å². The highest BCUT2D eigenvalue weighted by molar-refractivity contribution is 6.38. The number of hydrogen-bond donors (Lipinski definition) is 5. The van der Waals surface area contributed by atoms with Crippen LogP contribution in [0.5, 0.6) is 0 Å². The van der Waals surface area contributed by atoms with Gasteiger partial charge in [0.25, 0.3) is 0 Å². The Balaban J connectivity index is 3.01. The molecule has 0 radical (unpaired) electrons. The van der Waals surface area contributed by atoms with Crippen LogP contribution < -0.4 is 27.2 Å². The van der Waals surface area contributed by atoms with Crippen molar-refractivity contribution in [2.75, 3.05) is 6.54 Å². The molecular weight excluding hydrogens is 759 g/mol. The molecule has 0 spiro atoms. The number of amides is 4. The fraction of sp³-hybridized carbons (Fsp3) is 0.636. The van der Waals surface area contributed by atoms with E-state index in [1.54, 1.807) is 24.3 Å². The molecule has 0 aromatic heterocycles. The number of nitrogens with one attached hydrogen (secondary N) is 4. The first-order valence-corrected chi connectivity index (χ1v) is 21.0. The van der Waals surface area contributed by atoms with Crippen LogP contribution in [0.3, 0.4) is 0 Å². The molecule has 1 rings (SSSR count). The summed E-state index contributed by atoms with van der Waals surface area (Å²) in [7, 11) is 0. The van der Waals surface area contributed by atoms with Crippen molar-refractivity contribution < 1.29 is 47.9 Å². The monoisotopic (exact) mass is 825 g/mol. The van der Waals surface area contributed by atoms with Crippen LogP contribution >= 0.6 is 0 Å². The van der Waals surface area contributed by atoms with Crippen LogP contribution in [-0.4, -0.2) is 77.0 Å². The minimum absolute atomic E-state index is 0.0113. The molecule has 0 aliphatic rings. The highest BCUT2D eigenvalue weighted by atomic mass is 16.2. The zero-order valence-electron chi connectivity index (χ0n) is 35.5. The second-order valence-corrected chi connectivity index (χ2v) is 15.5. The second-order valence-electron chi connectivity index (χ2n) is 15.5. The molecule has 4 atom stereocenters. The SMILES string of the molecule is CC(=O)CCCCCC(CC(=O)CCCC(=O)CC(CCCCCC(C)=O)C(=O)NC(C)=O)C(=O)NN[C@@H](Cc1ccccc1)C(=O)N[C@@H](CCCCN)C(=O)C(C)=O. The van der Waals surface area contributed by atoms with Gasteiger partial charge in [-0.15, -0.1) is 0 Å². The van der Waals surface area contributed by atoms with Gasteiger partial charge >= 0.3 is 0 Å². The van der Waals surface area contributed by atoms with E-state index in [0.717, 1.165) is 12.5 Å². The number of hydrazine groups is 1. The Morgan fingerprint density at radius 1 is 0.559 bits per heavy atom. The summed E-state index contributed by atoms with van der Waals surface area (Å²) in [6, 6.07) is 6.88. The normalized spacial score (nSPS) is 13.0. The molecule has 0 saturated heterocycles. The Morgan fingerprint density at radius 2 is 1.08 bits per heavy atom. The summed E-state index contributed by atoms with van der Waals surface area (Å²) in [6.07, 6.45) is 6.80. The number of rotatable bonds is 34. The third-order valence-electron chi connectivity index (χ3n) is 9.96. The number of unbranched alkanes of at least 4 members (excludes halogenated alkanes) is 5. The van der Waals surface area contributed by atoms with Gasteiger partial charge in [-0.1, -0.05) is 56.0 Å². The Bertz CT molecular complexity index is 1560. The minimum atomic E-state index is -1.07. The van der Waals surface area contributed by atoms with Gasteiger partial charge in [-0.3, -0.25) is 49.1 Å². The highest BCUT2D eigenvalue weighted by Gasteiger charge is 2.29. The number of carbonyl (C=O) groups excluding carboxylic acids is 10. The molecule has 2 unspecified atom stereocenters. The van der Waals surface area contributed by atoms with Gasteiger partial charge in [-0.25, -0.2) is 5.43 Å². The maximum atomic E-state index is 13.7. The van der Waals surface area contributed by atoms with Gasteiger partial charge in [0.2, 0.25) is 29.4 Å². The van der Waals surface area contributed by atoms with Gasteiger partial charge in [0.05, 0.1) is 6.04 Å². The lowest BCUT2D eigenvalue weighted by molar-refractivity contribution is -0.138. The number of nitrogens with two attached hydrogens (primary N) is 1. The van der Waals surface area contributed by atoms with Crippen LogP contribution in [0.15, 0.2) is 30.3 Å². The maximum Gasteiger partial charge on any atom is 0.239 e. The Kier molecular flexibility index (Phi) is 26.8. The largest absolute Gasteiger partial charge is 0.344 e. The van der Waals surface area contributed by atoms with Crippen LogP contribution in [-0.2, 0) is 54.4 Å². The summed E-state index contributed by atoms with van der Waals surface area (Å²) >= 11 is 0. The van der Waals surface area contributed by atoms with E-state index in [-0.39, 0.29) is 68.1 Å². The van der Waals surface area contributed by atoms with Crippen molar-refractivity contribution >= 4 is 58.3 Å². The molecular formula is C44H67N5O10. The molecule has 0 aliphatic heterocycles. The summed E-state index contributed by atoms with van der Waals surface area (Å²) in [5, 5.41) is 4.93. The van der Waals surface area contributed by atoms with Crippen LogP contribution in [0.4, 0.5) is 0 Å². The minimum Gasteiger partial charge on any atom is -0.344 e. The summed E-state index contributed by atoms with van der Waals surface area (Å²) < 4.78 is 0. The molecule has 15 nitrogen and oxygen atoms in total. The van der Waals surface area contributed by atoms with Gasteiger partial charge < -0.3 is 20.6 Å². The standard InChI is InChI=1S/C44H67N5O10/c1-30(50)17-8-5-12-21-35(42(57)46-33(4)53)28-37(54)23-16-24-38(55)29-36(22-13-6-9-18-31(2)51)43(58)49-48-40(27-34-19-10-7-11-20-34)44(59)47-39(25-14-15-26-45)41(56)32(3)52/h7,10-11,19-20,35-36,39-40,48H,5-6,8-9,12-18,21-29,45H2,1-4H3,(H,47,59)(H,49,58)(H,46,53,57)/t35?,36?,39-,40-/m0/s1. The van der Waals surface area contributed by atoms with E-state index < -0.39 is 59.1 Å². The third-order valence-corrected chi connectivity index (χ3v) is 9.96. The van der Waals surface area contributed by atoms with Gasteiger partial charge in [0.1, 0.15) is 29.2 Å².